The maximum absolute atomic E-state index is 12.7. The highest BCUT2D eigenvalue weighted by Crippen LogP contribution is 2.26. The summed E-state index contributed by atoms with van der Waals surface area (Å²) in [5, 5.41) is 4.09. The number of anilines is 1. The van der Waals surface area contributed by atoms with Gasteiger partial charge in [-0.3, -0.25) is 4.79 Å². The van der Waals surface area contributed by atoms with Gasteiger partial charge in [-0.25, -0.2) is 12.7 Å². The van der Waals surface area contributed by atoms with Crippen LogP contribution in [0.3, 0.4) is 0 Å². The van der Waals surface area contributed by atoms with E-state index in [1.165, 1.54) is 4.31 Å². The zero-order chi connectivity index (χ0) is 20.3. The summed E-state index contributed by atoms with van der Waals surface area (Å²) in [5.41, 5.74) is 2.21. The molecule has 1 fully saturated rings. The topological polar surface area (TPSA) is 66.5 Å². The number of carbonyl (C=O) groups is 1. The molecule has 1 N–H and O–H groups in total. The molecular formula is C20H22Cl2N2O3S. The predicted octanol–water partition coefficient (Wildman–Crippen LogP) is 4.48. The fraction of sp³-hybridized carbons (Fsp3) is 0.350. The number of rotatable bonds is 5. The van der Waals surface area contributed by atoms with Crippen LogP contribution in [0.1, 0.15) is 24.0 Å². The highest BCUT2D eigenvalue weighted by Gasteiger charge is 2.31. The van der Waals surface area contributed by atoms with Crippen LogP contribution in [0.25, 0.3) is 0 Å². The molecule has 3 rings (SSSR count). The maximum atomic E-state index is 12.7. The summed E-state index contributed by atoms with van der Waals surface area (Å²) in [6, 6.07) is 12.2. The van der Waals surface area contributed by atoms with Gasteiger partial charge in [-0.15, -0.1) is 0 Å². The standard InChI is InChI=1S/C20H22Cl2N2O3S/c1-14-18(22)3-2-4-19(14)23-20(25)16-9-11-24(12-10-16)28(26,27)13-15-5-7-17(21)8-6-15/h2-8,16H,9-13H2,1H3,(H,23,25). The van der Waals surface area contributed by atoms with Gasteiger partial charge in [0, 0.05) is 34.7 Å². The van der Waals surface area contributed by atoms with Crippen LogP contribution in [0.2, 0.25) is 10.0 Å². The molecule has 150 valence electrons. The molecule has 1 amide bonds. The van der Waals surface area contributed by atoms with Gasteiger partial charge in [-0.05, 0) is 55.2 Å². The first kappa shape index (κ1) is 21.1. The van der Waals surface area contributed by atoms with E-state index in [-0.39, 0.29) is 17.6 Å². The molecule has 2 aromatic rings. The number of halogens is 2. The Hall–Kier alpha value is -1.60. The number of nitrogens with one attached hydrogen (secondary N) is 1. The minimum atomic E-state index is -3.43. The molecule has 28 heavy (non-hydrogen) atoms. The van der Waals surface area contributed by atoms with Gasteiger partial charge in [-0.2, -0.15) is 0 Å². The second-order valence-electron chi connectivity index (χ2n) is 6.96. The van der Waals surface area contributed by atoms with Gasteiger partial charge >= 0.3 is 0 Å². The largest absolute Gasteiger partial charge is 0.326 e. The van der Waals surface area contributed by atoms with Crippen LogP contribution >= 0.6 is 23.2 Å². The Morgan fingerprint density at radius 2 is 1.75 bits per heavy atom. The monoisotopic (exact) mass is 440 g/mol. The van der Waals surface area contributed by atoms with Crippen molar-refractivity contribution in [3.63, 3.8) is 0 Å². The minimum Gasteiger partial charge on any atom is -0.326 e. The Morgan fingerprint density at radius 1 is 1.11 bits per heavy atom. The smallest absolute Gasteiger partial charge is 0.227 e. The molecule has 2 aromatic carbocycles. The number of benzene rings is 2. The van der Waals surface area contributed by atoms with E-state index in [0.717, 1.165) is 5.56 Å². The van der Waals surface area contributed by atoms with E-state index < -0.39 is 10.0 Å². The van der Waals surface area contributed by atoms with Gasteiger partial charge in [0.1, 0.15) is 0 Å². The highest BCUT2D eigenvalue weighted by molar-refractivity contribution is 7.88. The van der Waals surface area contributed by atoms with Crippen molar-refractivity contribution in [2.24, 2.45) is 5.92 Å². The number of hydrogen-bond donors (Lipinski definition) is 1. The Balaban J connectivity index is 1.58. The summed E-state index contributed by atoms with van der Waals surface area (Å²) in [6.07, 6.45) is 0.983. The van der Waals surface area contributed by atoms with Crippen molar-refractivity contribution in [3.8, 4) is 0 Å². The molecule has 0 spiro atoms. The molecule has 1 saturated heterocycles. The summed E-state index contributed by atoms with van der Waals surface area (Å²) in [7, 11) is -3.43. The number of hydrogen-bond acceptors (Lipinski definition) is 3. The summed E-state index contributed by atoms with van der Waals surface area (Å²) >= 11 is 11.9. The molecule has 1 heterocycles. The Morgan fingerprint density at radius 3 is 2.39 bits per heavy atom. The first-order valence-corrected chi connectivity index (χ1v) is 11.4. The first-order valence-electron chi connectivity index (χ1n) is 9.04. The Bertz CT molecular complexity index is 954. The number of nitrogens with zero attached hydrogens (tertiary/aromatic N) is 1. The van der Waals surface area contributed by atoms with Crippen LogP contribution in [0.5, 0.6) is 0 Å². The Kier molecular flexibility index (Phi) is 6.65. The molecule has 0 atom stereocenters. The second-order valence-corrected chi connectivity index (χ2v) is 9.77. The van der Waals surface area contributed by atoms with Gasteiger partial charge in [0.05, 0.1) is 5.75 Å². The van der Waals surface area contributed by atoms with E-state index in [1.54, 1.807) is 36.4 Å². The summed E-state index contributed by atoms with van der Waals surface area (Å²) < 4.78 is 26.8. The molecule has 1 aliphatic rings. The zero-order valence-corrected chi connectivity index (χ0v) is 17.8. The molecule has 0 unspecified atom stereocenters. The summed E-state index contributed by atoms with van der Waals surface area (Å²) in [6.45, 7) is 2.52. The zero-order valence-electron chi connectivity index (χ0n) is 15.5. The van der Waals surface area contributed by atoms with Crippen molar-refractivity contribution in [1.82, 2.24) is 4.31 Å². The average Bonchev–Trinajstić information content (AvgIpc) is 2.67. The third kappa shape index (κ3) is 5.06. The van der Waals surface area contributed by atoms with Crippen molar-refractivity contribution in [3.05, 3.63) is 63.6 Å². The van der Waals surface area contributed by atoms with Gasteiger partial charge in [0.2, 0.25) is 15.9 Å². The van der Waals surface area contributed by atoms with E-state index in [9.17, 15) is 13.2 Å². The lowest BCUT2D eigenvalue weighted by Gasteiger charge is -2.30. The van der Waals surface area contributed by atoms with Gasteiger partial charge in [0.15, 0.2) is 0 Å². The molecular weight excluding hydrogens is 419 g/mol. The van der Waals surface area contributed by atoms with Crippen LogP contribution in [-0.4, -0.2) is 31.7 Å². The fourth-order valence-electron chi connectivity index (χ4n) is 3.26. The van der Waals surface area contributed by atoms with E-state index in [4.69, 9.17) is 23.2 Å². The van der Waals surface area contributed by atoms with E-state index in [2.05, 4.69) is 5.32 Å². The average molecular weight is 441 g/mol. The molecule has 0 saturated carbocycles. The number of amides is 1. The van der Waals surface area contributed by atoms with Crippen molar-refractivity contribution in [1.29, 1.82) is 0 Å². The van der Waals surface area contributed by atoms with E-state index in [0.29, 0.717) is 47.2 Å². The SMILES string of the molecule is Cc1c(Cl)cccc1NC(=O)C1CCN(S(=O)(=O)Cc2ccc(Cl)cc2)CC1. The molecule has 1 aliphatic heterocycles. The molecule has 0 aromatic heterocycles. The van der Waals surface area contributed by atoms with Crippen molar-refractivity contribution in [2.75, 3.05) is 18.4 Å². The number of carbonyl (C=O) groups excluding carboxylic acids is 1. The third-order valence-electron chi connectivity index (χ3n) is 5.01. The van der Waals surface area contributed by atoms with Gasteiger partial charge < -0.3 is 5.32 Å². The summed E-state index contributed by atoms with van der Waals surface area (Å²) in [5.74, 6) is -0.386. The molecule has 0 radical (unpaired) electrons. The lowest BCUT2D eigenvalue weighted by atomic mass is 9.97. The highest BCUT2D eigenvalue weighted by atomic mass is 35.5. The second kappa shape index (κ2) is 8.82. The van der Waals surface area contributed by atoms with Crippen LogP contribution in [0.4, 0.5) is 5.69 Å². The maximum Gasteiger partial charge on any atom is 0.227 e. The normalized spacial score (nSPS) is 16.1. The predicted molar refractivity (Wildman–Crippen MR) is 113 cm³/mol. The Labute approximate surface area is 175 Å². The minimum absolute atomic E-state index is 0.0667. The van der Waals surface area contributed by atoms with Gasteiger partial charge in [0.25, 0.3) is 0 Å². The number of sulfonamides is 1. The van der Waals surface area contributed by atoms with E-state index >= 15 is 0 Å². The van der Waals surface area contributed by atoms with Crippen LogP contribution < -0.4 is 5.32 Å². The summed E-state index contributed by atoms with van der Waals surface area (Å²) in [4.78, 5) is 12.6. The van der Waals surface area contributed by atoms with Crippen molar-refractivity contribution < 1.29 is 13.2 Å². The van der Waals surface area contributed by atoms with Gasteiger partial charge in [-0.1, -0.05) is 41.4 Å². The van der Waals surface area contributed by atoms with Crippen LogP contribution in [0, 0.1) is 12.8 Å². The molecule has 8 heteroatoms. The van der Waals surface area contributed by atoms with Crippen LogP contribution in [0.15, 0.2) is 42.5 Å². The molecule has 5 nitrogen and oxygen atoms in total. The van der Waals surface area contributed by atoms with Crippen molar-refractivity contribution in [2.45, 2.75) is 25.5 Å². The number of piperidine rings is 1. The molecule has 0 bridgehead atoms. The lowest BCUT2D eigenvalue weighted by molar-refractivity contribution is -0.120. The first-order chi connectivity index (χ1) is 13.3. The van der Waals surface area contributed by atoms with Crippen molar-refractivity contribution >= 4 is 44.8 Å². The lowest BCUT2D eigenvalue weighted by Crippen LogP contribution is -2.41. The fourth-order valence-corrected chi connectivity index (χ4v) is 5.12. The third-order valence-corrected chi connectivity index (χ3v) is 7.52. The van der Waals surface area contributed by atoms with Crippen LogP contribution in [-0.2, 0) is 20.6 Å². The quantitative estimate of drug-likeness (QED) is 0.744. The van der Waals surface area contributed by atoms with E-state index in [1.807, 2.05) is 13.0 Å². The molecule has 0 aliphatic carbocycles.